The summed E-state index contributed by atoms with van der Waals surface area (Å²) in [5.74, 6) is 0.890. The topological polar surface area (TPSA) is 60.2 Å². The number of rotatable bonds is 7. The van der Waals surface area contributed by atoms with Crippen LogP contribution in [0.15, 0.2) is 36.8 Å². The molecule has 27 heavy (non-hydrogen) atoms. The van der Waals surface area contributed by atoms with E-state index in [-0.39, 0.29) is 6.04 Å². The molecule has 1 unspecified atom stereocenters. The number of fused-ring (bicyclic) bond motifs is 1. The van der Waals surface area contributed by atoms with Crippen molar-refractivity contribution >= 4 is 5.91 Å². The minimum absolute atomic E-state index is 0.185. The van der Waals surface area contributed by atoms with Crippen molar-refractivity contribution in [2.24, 2.45) is 5.92 Å². The molecule has 6 nitrogen and oxygen atoms in total. The van der Waals surface area contributed by atoms with E-state index in [2.05, 4.69) is 14.8 Å². The molecule has 1 fully saturated rings. The molecule has 2 aromatic heterocycles. The highest BCUT2D eigenvalue weighted by atomic mass is 16.5. The number of amides is 1. The van der Waals surface area contributed by atoms with E-state index in [0.29, 0.717) is 38.0 Å². The molecular weight excluding hydrogens is 340 g/mol. The van der Waals surface area contributed by atoms with Crippen molar-refractivity contribution in [3.63, 3.8) is 0 Å². The molecule has 144 valence electrons. The molecule has 1 amide bonds. The van der Waals surface area contributed by atoms with Gasteiger partial charge < -0.3 is 9.64 Å². The maximum absolute atomic E-state index is 12.8. The van der Waals surface area contributed by atoms with E-state index in [1.165, 1.54) is 25.7 Å². The molecule has 3 heterocycles. The number of carbonyl (C=O) groups is 1. The predicted molar refractivity (Wildman–Crippen MR) is 102 cm³/mol. The molecule has 2 aliphatic rings. The Morgan fingerprint density at radius 3 is 2.93 bits per heavy atom. The minimum atomic E-state index is 0.185. The van der Waals surface area contributed by atoms with Crippen LogP contribution in [0, 0.1) is 5.92 Å². The fourth-order valence-corrected chi connectivity index (χ4v) is 4.27. The van der Waals surface area contributed by atoms with Gasteiger partial charge in [-0.15, -0.1) is 0 Å². The van der Waals surface area contributed by atoms with Gasteiger partial charge in [0.05, 0.1) is 24.9 Å². The van der Waals surface area contributed by atoms with Crippen molar-refractivity contribution < 1.29 is 9.53 Å². The van der Waals surface area contributed by atoms with Gasteiger partial charge in [0.1, 0.15) is 0 Å². The molecule has 1 aliphatic carbocycles. The first kappa shape index (κ1) is 18.2. The number of carbonyl (C=O) groups excluding carboxylic acids is 1. The first-order valence-electron chi connectivity index (χ1n) is 10.1. The van der Waals surface area contributed by atoms with Crippen LogP contribution in [0.5, 0.6) is 0 Å². The molecule has 0 bridgehead atoms. The lowest BCUT2D eigenvalue weighted by Gasteiger charge is -2.34. The first-order chi connectivity index (χ1) is 13.3. The summed E-state index contributed by atoms with van der Waals surface area (Å²) >= 11 is 0. The average molecular weight is 368 g/mol. The van der Waals surface area contributed by atoms with E-state index in [1.807, 2.05) is 35.5 Å². The predicted octanol–water partition coefficient (Wildman–Crippen LogP) is 3.35. The molecule has 0 spiro atoms. The summed E-state index contributed by atoms with van der Waals surface area (Å²) in [7, 11) is 0. The molecule has 0 saturated heterocycles. The molecular formula is C21H28N4O2. The van der Waals surface area contributed by atoms with Gasteiger partial charge in [-0.2, -0.15) is 5.10 Å². The Morgan fingerprint density at radius 2 is 2.11 bits per heavy atom. The number of hydrogen-bond acceptors (Lipinski definition) is 4. The molecule has 1 aliphatic heterocycles. The molecule has 0 radical (unpaired) electrons. The largest absolute Gasteiger partial charge is 0.377 e. The van der Waals surface area contributed by atoms with Crippen molar-refractivity contribution in [3.8, 4) is 0 Å². The van der Waals surface area contributed by atoms with Gasteiger partial charge in [-0.3, -0.25) is 14.5 Å². The zero-order valence-electron chi connectivity index (χ0n) is 15.8. The van der Waals surface area contributed by atoms with E-state index in [0.717, 1.165) is 24.2 Å². The molecule has 4 rings (SSSR count). The number of ether oxygens (including phenoxy) is 1. The highest BCUT2D eigenvalue weighted by Crippen LogP contribution is 2.30. The van der Waals surface area contributed by atoms with E-state index in [4.69, 9.17) is 4.74 Å². The van der Waals surface area contributed by atoms with Crippen LogP contribution in [-0.2, 0) is 22.7 Å². The Kier molecular flexibility index (Phi) is 5.82. The van der Waals surface area contributed by atoms with Crippen LogP contribution in [0.2, 0.25) is 0 Å². The standard InChI is InChI=1S/C21H28N4O2/c26-21(12-17-4-1-2-5-17)24-14-19-7-10-23-25(19)20(15-24)8-11-27-16-18-6-3-9-22-13-18/h3,6-7,9-10,13,17,20H,1-2,4-5,8,11-12,14-16H2. The van der Waals surface area contributed by atoms with Crippen LogP contribution < -0.4 is 0 Å². The number of nitrogens with zero attached hydrogens (tertiary/aromatic N) is 4. The van der Waals surface area contributed by atoms with Crippen molar-refractivity contribution in [1.82, 2.24) is 19.7 Å². The van der Waals surface area contributed by atoms with Crippen LogP contribution in [0.1, 0.15) is 55.8 Å². The van der Waals surface area contributed by atoms with Crippen LogP contribution in [-0.4, -0.2) is 38.7 Å². The minimum Gasteiger partial charge on any atom is -0.377 e. The van der Waals surface area contributed by atoms with E-state index < -0.39 is 0 Å². The summed E-state index contributed by atoms with van der Waals surface area (Å²) in [6.45, 7) is 2.62. The fourth-order valence-electron chi connectivity index (χ4n) is 4.27. The molecule has 0 N–H and O–H groups in total. The second-order valence-corrected chi connectivity index (χ2v) is 7.75. The highest BCUT2D eigenvalue weighted by molar-refractivity contribution is 5.76. The third-order valence-electron chi connectivity index (χ3n) is 5.76. The van der Waals surface area contributed by atoms with Crippen LogP contribution in [0.25, 0.3) is 0 Å². The van der Waals surface area contributed by atoms with Crippen molar-refractivity contribution in [1.29, 1.82) is 0 Å². The van der Waals surface area contributed by atoms with Crippen LogP contribution in [0.3, 0.4) is 0 Å². The van der Waals surface area contributed by atoms with Gasteiger partial charge in [0.2, 0.25) is 5.91 Å². The fraction of sp³-hybridized carbons (Fsp3) is 0.571. The smallest absolute Gasteiger partial charge is 0.223 e. The second kappa shape index (κ2) is 8.65. The normalized spacial score (nSPS) is 20.0. The summed E-state index contributed by atoms with van der Waals surface area (Å²) in [5.41, 5.74) is 2.20. The van der Waals surface area contributed by atoms with Gasteiger partial charge >= 0.3 is 0 Å². The van der Waals surface area contributed by atoms with E-state index in [9.17, 15) is 4.79 Å². The Labute approximate surface area is 160 Å². The monoisotopic (exact) mass is 368 g/mol. The van der Waals surface area contributed by atoms with Gasteiger partial charge in [-0.05, 0) is 42.9 Å². The Hall–Kier alpha value is -2.21. The van der Waals surface area contributed by atoms with Gasteiger partial charge in [-0.25, -0.2) is 0 Å². The zero-order chi connectivity index (χ0) is 18.5. The van der Waals surface area contributed by atoms with E-state index in [1.54, 1.807) is 6.20 Å². The summed E-state index contributed by atoms with van der Waals surface area (Å²) in [5, 5.41) is 4.49. The van der Waals surface area contributed by atoms with Crippen molar-refractivity contribution in [3.05, 3.63) is 48.0 Å². The zero-order valence-corrected chi connectivity index (χ0v) is 15.8. The van der Waals surface area contributed by atoms with Crippen molar-refractivity contribution in [2.45, 2.75) is 57.7 Å². The quantitative estimate of drug-likeness (QED) is 0.703. The lowest BCUT2D eigenvalue weighted by Crippen LogP contribution is -2.42. The average Bonchev–Trinajstić information content (AvgIpc) is 3.37. The number of hydrogen-bond donors (Lipinski definition) is 0. The van der Waals surface area contributed by atoms with Gasteiger partial charge in [-0.1, -0.05) is 18.9 Å². The number of pyridine rings is 1. The summed E-state index contributed by atoms with van der Waals surface area (Å²) in [6.07, 6.45) is 12.0. The molecule has 1 atom stereocenters. The maximum atomic E-state index is 12.8. The third-order valence-corrected chi connectivity index (χ3v) is 5.76. The van der Waals surface area contributed by atoms with Gasteiger partial charge in [0, 0.05) is 38.2 Å². The summed E-state index contributed by atoms with van der Waals surface area (Å²) in [4.78, 5) is 18.9. The molecule has 0 aromatic carbocycles. The number of aromatic nitrogens is 3. The maximum Gasteiger partial charge on any atom is 0.223 e. The lowest BCUT2D eigenvalue weighted by atomic mass is 10.0. The summed E-state index contributed by atoms with van der Waals surface area (Å²) in [6, 6.07) is 6.15. The third kappa shape index (κ3) is 4.56. The molecule has 1 saturated carbocycles. The Morgan fingerprint density at radius 1 is 1.22 bits per heavy atom. The highest BCUT2D eigenvalue weighted by Gasteiger charge is 2.30. The van der Waals surface area contributed by atoms with Gasteiger partial charge in [0.25, 0.3) is 0 Å². The molecule has 2 aromatic rings. The van der Waals surface area contributed by atoms with Crippen LogP contribution >= 0.6 is 0 Å². The van der Waals surface area contributed by atoms with E-state index >= 15 is 0 Å². The summed E-state index contributed by atoms with van der Waals surface area (Å²) < 4.78 is 7.91. The Bertz CT molecular complexity index is 740. The van der Waals surface area contributed by atoms with Gasteiger partial charge in [0.15, 0.2) is 0 Å². The van der Waals surface area contributed by atoms with Crippen molar-refractivity contribution in [2.75, 3.05) is 13.2 Å². The van der Waals surface area contributed by atoms with Crippen LogP contribution in [0.4, 0.5) is 0 Å². The Balaban J connectivity index is 1.31. The molecule has 6 heteroatoms. The first-order valence-corrected chi connectivity index (χ1v) is 10.1. The second-order valence-electron chi connectivity index (χ2n) is 7.75. The SMILES string of the molecule is O=C(CC1CCCC1)N1Cc2ccnn2C(CCOCc2cccnc2)C1. The lowest BCUT2D eigenvalue weighted by molar-refractivity contribution is -0.134.